The zero-order chi connectivity index (χ0) is 27.2. The number of piperazine rings is 1. The molecule has 1 amide bonds. The van der Waals surface area contributed by atoms with Crippen LogP contribution in [-0.4, -0.2) is 67.9 Å². The summed E-state index contributed by atoms with van der Waals surface area (Å²) in [6, 6.07) is 11.4. The number of ether oxygens (including phenoxy) is 2. The van der Waals surface area contributed by atoms with E-state index in [1.807, 2.05) is 31.2 Å². The molecule has 204 valence electrons. The molecule has 5 rings (SSSR count). The van der Waals surface area contributed by atoms with E-state index in [1.54, 1.807) is 37.3 Å². The number of aromatic nitrogens is 2. The summed E-state index contributed by atoms with van der Waals surface area (Å²) in [5.41, 5.74) is 3.27. The van der Waals surface area contributed by atoms with Gasteiger partial charge in [0.25, 0.3) is 6.43 Å². The highest BCUT2D eigenvalue weighted by Crippen LogP contribution is 2.41. The third kappa shape index (κ3) is 6.19. The molecule has 0 spiro atoms. The molecule has 1 fully saturated rings. The number of carbonyl (C=O) groups excluding carboxylic acids is 1. The zero-order valence-corrected chi connectivity index (χ0v) is 22.3. The van der Waals surface area contributed by atoms with Gasteiger partial charge in [-0.1, -0.05) is 23.7 Å². The summed E-state index contributed by atoms with van der Waals surface area (Å²) in [4.78, 5) is 11.8. The highest BCUT2D eigenvalue weighted by Gasteiger charge is 2.35. The average Bonchev–Trinajstić information content (AvgIpc) is 3.36. The van der Waals surface area contributed by atoms with Crippen LogP contribution in [0.3, 0.4) is 0 Å². The fraction of sp³-hybridized carbons (Fsp3) is 0.407. The number of hydrogen-bond acceptors (Lipinski definition) is 6. The highest BCUT2D eigenvalue weighted by atomic mass is 35.5. The maximum Gasteiger partial charge on any atom is 0.260 e. The number of rotatable bonds is 6. The van der Waals surface area contributed by atoms with Crippen molar-refractivity contribution in [2.24, 2.45) is 0 Å². The van der Waals surface area contributed by atoms with E-state index in [4.69, 9.17) is 21.1 Å². The summed E-state index contributed by atoms with van der Waals surface area (Å²) < 4.78 is 39.9. The van der Waals surface area contributed by atoms with Crippen LogP contribution in [0.15, 0.2) is 42.5 Å². The minimum absolute atomic E-state index is 0.195. The van der Waals surface area contributed by atoms with E-state index in [2.05, 4.69) is 15.7 Å². The fourth-order valence-corrected chi connectivity index (χ4v) is 4.89. The topological polar surface area (TPSA) is 80.6 Å². The molecular weight excluding hydrogens is 516 g/mol. The van der Waals surface area contributed by atoms with E-state index in [0.717, 1.165) is 49.3 Å². The minimum Gasteiger partial charge on any atom is -0.493 e. The maximum atomic E-state index is 13.9. The lowest BCUT2D eigenvalue weighted by Crippen LogP contribution is -2.42. The molecule has 1 aromatic heterocycles. The summed E-state index contributed by atoms with van der Waals surface area (Å²) in [6.45, 7) is 5.54. The van der Waals surface area contributed by atoms with Crippen LogP contribution in [0.1, 0.15) is 29.6 Å². The molecule has 0 aliphatic carbocycles. The van der Waals surface area contributed by atoms with Crippen LogP contribution in [-0.2, 0) is 4.79 Å². The Hall–Kier alpha value is -3.37. The Morgan fingerprint density at radius 3 is 2.42 bits per heavy atom. The fourth-order valence-electron chi connectivity index (χ4n) is 4.67. The Kier molecular flexibility index (Phi) is 9.06. The Morgan fingerprint density at radius 2 is 1.82 bits per heavy atom. The Balaban J connectivity index is 0.000000360. The summed E-state index contributed by atoms with van der Waals surface area (Å²) in [5, 5.41) is 11.6. The normalized spacial score (nSPS) is 18.7. The van der Waals surface area contributed by atoms with Crippen LogP contribution < -0.4 is 20.1 Å². The van der Waals surface area contributed by atoms with Gasteiger partial charge in [0.2, 0.25) is 6.41 Å². The number of anilines is 1. The van der Waals surface area contributed by atoms with Crippen molar-refractivity contribution in [3.8, 4) is 22.8 Å². The third-order valence-electron chi connectivity index (χ3n) is 6.72. The molecule has 2 atom stereocenters. The Bertz CT molecular complexity index is 1250. The smallest absolute Gasteiger partial charge is 0.260 e. The molecular formula is C27H32ClF2N5O3. The second-order valence-electron chi connectivity index (χ2n) is 9.16. The summed E-state index contributed by atoms with van der Waals surface area (Å²) in [5.74, 6) is 1.70. The third-order valence-corrected chi connectivity index (χ3v) is 6.95. The number of alkyl halides is 2. The van der Waals surface area contributed by atoms with Crippen molar-refractivity contribution in [3.05, 3.63) is 58.6 Å². The highest BCUT2D eigenvalue weighted by molar-refractivity contribution is 6.30. The van der Waals surface area contributed by atoms with Gasteiger partial charge in [0.05, 0.1) is 26.0 Å². The lowest BCUT2D eigenvalue weighted by molar-refractivity contribution is -0.118. The number of nitrogens with zero attached hydrogens (tertiary/aromatic N) is 3. The van der Waals surface area contributed by atoms with Crippen molar-refractivity contribution < 1.29 is 23.0 Å². The molecule has 8 nitrogen and oxygen atoms in total. The number of amides is 1. The van der Waals surface area contributed by atoms with Gasteiger partial charge in [0.1, 0.15) is 11.9 Å². The number of aryl methyl sites for hydroxylation is 1. The molecule has 0 saturated carbocycles. The van der Waals surface area contributed by atoms with E-state index in [-0.39, 0.29) is 12.5 Å². The van der Waals surface area contributed by atoms with Crippen molar-refractivity contribution in [3.63, 3.8) is 0 Å². The van der Waals surface area contributed by atoms with Crippen LogP contribution >= 0.6 is 11.6 Å². The summed E-state index contributed by atoms with van der Waals surface area (Å²) >= 11 is 6.05. The SMILES string of the molecule is COc1ccc(C2CC(C(F)F)n3nc(-c4ccc(Cl)cc4C)cc3N2)cc1OC.O=CN1CCNCC1. The number of carbonyl (C=O) groups is 1. The van der Waals surface area contributed by atoms with Crippen LogP contribution in [0.4, 0.5) is 14.6 Å². The number of nitrogens with one attached hydrogen (secondary N) is 2. The van der Waals surface area contributed by atoms with Crippen molar-refractivity contribution in [1.29, 1.82) is 0 Å². The maximum absolute atomic E-state index is 13.9. The predicted molar refractivity (Wildman–Crippen MR) is 143 cm³/mol. The van der Waals surface area contributed by atoms with E-state index >= 15 is 0 Å². The molecule has 3 aromatic rings. The summed E-state index contributed by atoms with van der Waals surface area (Å²) in [6.07, 6.45) is -1.45. The zero-order valence-electron chi connectivity index (χ0n) is 21.6. The molecule has 11 heteroatoms. The Morgan fingerprint density at radius 1 is 1.08 bits per heavy atom. The van der Waals surface area contributed by atoms with Gasteiger partial charge in [-0.05, 0) is 48.7 Å². The van der Waals surface area contributed by atoms with Crippen molar-refractivity contribution in [2.75, 3.05) is 45.7 Å². The number of hydrogen-bond donors (Lipinski definition) is 2. The van der Waals surface area contributed by atoms with Gasteiger partial charge in [-0.2, -0.15) is 5.10 Å². The van der Waals surface area contributed by atoms with Gasteiger partial charge in [-0.15, -0.1) is 0 Å². The molecule has 3 heterocycles. The van der Waals surface area contributed by atoms with Crippen molar-refractivity contribution >= 4 is 23.8 Å². The first-order chi connectivity index (χ1) is 18.3. The number of methoxy groups -OCH3 is 2. The van der Waals surface area contributed by atoms with Crippen LogP contribution in [0.25, 0.3) is 11.3 Å². The Labute approximate surface area is 225 Å². The first-order valence-electron chi connectivity index (χ1n) is 12.4. The van der Waals surface area contributed by atoms with E-state index < -0.39 is 12.5 Å². The monoisotopic (exact) mass is 547 g/mol. The van der Waals surface area contributed by atoms with Crippen LogP contribution in [0.2, 0.25) is 5.02 Å². The van der Waals surface area contributed by atoms with Crippen LogP contribution in [0, 0.1) is 6.92 Å². The number of benzene rings is 2. The molecule has 1 saturated heterocycles. The lowest BCUT2D eigenvalue weighted by atomic mass is 9.97. The molecule has 2 unspecified atom stereocenters. The molecule has 0 bridgehead atoms. The lowest BCUT2D eigenvalue weighted by Gasteiger charge is -2.32. The van der Waals surface area contributed by atoms with Gasteiger partial charge in [-0.3, -0.25) is 4.79 Å². The molecule has 2 aliphatic rings. The first kappa shape index (κ1) is 27.7. The molecule has 2 aliphatic heterocycles. The number of fused-ring (bicyclic) bond motifs is 1. The van der Waals surface area contributed by atoms with Gasteiger partial charge >= 0.3 is 0 Å². The largest absolute Gasteiger partial charge is 0.493 e. The molecule has 2 aromatic carbocycles. The molecule has 2 N–H and O–H groups in total. The van der Waals surface area contributed by atoms with Crippen molar-refractivity contribution in [2.45, 2.75) is 31.9 Å². The predicted octanol–water partition coefficient (Wildman–Crippen LogP) is 4.94. The van der Waals surface area contributed by atoms with Gasteiger partial charge < -0.3 is 25.0 Å². The van der Waals surface area contributed by atoms with Gasteiger partial charge in [0.15, 0.2) is 11.5 Å². The van der Waals surface area contributed by atoms with Gasteiger partial charge in [0, 0.05) is 42.8 Å². The minimum atomic E-state index is -2.55. The molecule has 38 heavy (non-hydrogen) atoms. The van der Waals surface area contributed by atoms with Gasteiger partial charge in [-0.25, -0.2) is 13.5 Å². The van der Waals surface area contributed by atoms with E-state index in [0.29, 0.717) is 28.0 Å². The average molecular weight is 548 g/mol. The van der Waals surface area contributed by atoms with E-state index in [1.165, 1.54) is 4.68 Å². The molecule has 0 radical (unpaired) electrons. The van der Waals surface area contributed by atoms with E-state index in [9.17, 15) is 13.6 Å². The second kappa shape index (κ2) is 12.4. The standard InChI is InChI=1S/C22H22ClF2N3O2.C5H10N2O/c1-12-8-14(23)5-6-15(12)17-11-21-26-16(10-18(22(24)25)28(21)27-17)13-4-7-19(29-2)20(9-13)30-3;8-5-7-3-1-6-2-4-7/h4-9,11,16,18,22,26H,10H2,1-3H3;5-6H,1-4H2. The van der Waals surface area contributed by atoms with Crippen molar-refractivity contribution in [1.82, 2.24) is 20.0 Å². The van der Waals surface area contributed by atoms with Crippen LogP contribution in [0.5, 0.6) is 11.5 Å². The number of halogens is 3. The summed E-state index contributed by atoms with van der Waals surface area (Å²) in [7, 11) is 3.11. The quantitative estimate of drug-likeness (QED) is 0.426. The second-order valence-corrected chi connectivity index (χ2v) is 9.60. The first-order valence-corrected chi connectivity index (χ1v) is 12.7.